The van der Waals surface area contributed by atoms with Gasteiger partial charge >= 0.3 is 0 Å². The van der Waals surface area contributed by atoms with E-state index >= 15 is 0 Å². The highest BCUT2D eigenvalue weighted by atomic mass is 35.5. The zero-order valence-electron chi connectivity index (χ0n) is 14.9. The van der Waals surface area contributed by atoms with Crippen LogP contribution in [-0.2, 0) is 6.61 Å². The van der Waals surface area contributed by atoms with Crippen molar-refractivity contribution in [1.82, 2.24) is 9.97 Å². The Bertz CT molecular complexity index is 1120. The number of benzene rings is 3. The molecule has 0 fully saturated rings. The van der Waals surface area contributed by atoms with Gasteiger partial charge in [-0.15, -0.1) is 12.4 Å². The van der Waals surface area contributed by atoms with E-state index in [2.05, 4.69) is 21.4 Å². The van der Waals surface area contributed by atoms with Gasteiger partial charge in [-0.2, -0.15) is 5.26 Å². The lowest BCUT2D eigenvalue weighted by Gasteiger charge is -2.11. The molecule has 0 amide bonds. The Morgan fingerprint density at radius 3 is 2.54 bits per heavy atom. The molecule has 4 aromatic rings. The largest absolute Gasteiger partial charge is 0.488 e. The predicted molar refractivity (Wildman–Crippen MR) is 112 cm³/mol. The van der Waals surface area contributed by atoms with Gasteiger partial charge in [0.2, 0.25) is 0 Å². The Hall–Kier alpha value is -3.62. The number of nitrogens with one attached hydrogen (secondary N) is 1. The second kappa shape index (κ2) is 8.85. The Balaban J connectivity index is 0.00000225. The molecule has 1 heterocycles. The quantitative estimate of drug-likeness (QED) is 0.505. The first-order valence-electron chi connectivity index (χ1n) is 8.51. The zero-order valence-corrected chi connectivity index (χ0v) is 15.7. The molecule has 0 atom stereocenters. The van der Waals surface area contributed by atoms with Crippen molar-refractivity contribution in [1.29, 1.82) is 5.26 Å². The molecular formula is C22H17ClN4O. The number of ether oxygens (including phenoxy) is 1. The molecule has 3 aromatic carbocycles. The minimum absolute atomic E-state index is 0. The number of aromatic nitrogens is 2. The van der Waals surface area contributed by atoms with E-state index < -0.39 is 0 Å². The molecule has 0 spiro atoms. The Morgan fingerprint density at radius 1 is 0.929 bits per heavy atom. The summed E-state index contributed by atoms with van der Waals surface area (Å²) in [5.41, 5.74) is 3.14. The maximum atomic E-state index is 9.49. The fraction of sp³-hybridized carbons (Fsp3) is 0.0455. The van der Waals surface area contributed by atoms with E-state index in [1.807, 2.05) is 60.7 Å². The summed E-state index contributed by atoms with van der Waals surface area (Å²) in [6, 6.07) is 25.3. The summed E-state index contributed by atoms with van der Waals surface area (Å²) in [5.74, 6) is 1.25. The van der Waals surface area contributed by atoms with Crippen molar-refractivity contribution < 1.29 is 4.74 Å². The first kappa shape index (κ1) is 19.2. The van der Waals surface area contributed by atoms with Gasteiger partial charge in [-0.3, -0.25) is 0 Å². The molecular weight excluding hydrogens is 372 g/mol. The van der Waals surface area contributed by atoms with Crippen molar-refractivity contribution in [2.75, 3.05) is 5.32 Å². The van der Waals surface area contributed by atoms with Crippen LogP contribution in [0.5, 0.6) is 5.75 Å². The highest BCUT2D eigenvalue weighted by Gasteiger charge is 2.08. The van der Waals surface area contributed by atoms with Crippen LogP contribution in [-0.4, -0.2) is 9.97 Å². The number of nitrogens with zero attached hydrogens (tertiary/aromatic N) is 3. The first-order chi connectivity index (χ1) is 13.3. The lowest BCUT2D eigenvalue weighted by molar-refractivity contribution is 0.305. The second-order valence-electron chi connectivity index (χ2n) is 5.96. The number of hydrogen-bond donors (Lipinski definition) is 1. The average Bonchev–Trinajstić information content (AvgIpc) is 2.74. The highest BCUT2D eigenvalue weighted by molar-refractivity contribution is 5.90. The maximum Gasteiger partial charge on any atom is 0.141 e. The van der Waals surface area contributed by atoms with E-state index in [9.17, 15) is 5.26 Å². The molecule has 0 bridgehead atoms. The van der Waals surface area contributed by atoms with Crippen LogP contribution in [0.25, 0.3) is 10.9 Å². The minimum Gasteiger partial charge on any atom is -0.488 e. The Kier molecular flexibility index (Phi) is 6.05. The molecule has 6 heteroatoms. The van der Waals surface area contributed by atoms with Gasteiger partial charge in [-0.1, -0.05) is 42.5 Å². The van der Waals surface area contributed by atoms with Crippen LogP contribution in [0.1, 0.15) is 11.1 Å². The van der Waals surface area contributed by atoms with Gasteiger partial charge in [-0.25, -0.2) is 9.97 Å². The molecule has 4 rings (SSSR count). The molecule has 28 heavy (non-hydrogen) atoms. The number of fused-ring (bicyclic) bond motifs is 1. The van der Waals surface area contributed by atoms with Crippen LogP contribution >= 0.6 is 12.4 Å². The first-order valence-corrected chi connectivity index (χ1v) is 8.51. The SMILES string of the molecule is Cl.N#Cc1cc(Nc2ncnc3ccccc23)ccc1OCc1ccccc1. The van der Waals surface area contributed by atoms with Gasteiger partial charge in [0, 0.05) is 11.1 Å². The third-order valence-electron chi connectivity index (χ3n) is 4.14. The van der Waals surface area contributed by atoms with Crippen LogP contribution in [0, 0.1) is 11.3 Å². The molecule has 1 aromatic heterocycles. The van der Waals surface area contributed by atoms with Gasteiger partial charge < -0.3 is 10.1 Å². The third kappa shape index (κ3) is 4.20. The number of nitriles is 1. The van der Waals surface area contributed by atoms with Crippen molar-refractivity contribution in [3.63, 3.8) is 0 Å². The second-order valence-corrected chi connectivity index (χ2v) is 5.96. The number of hydrogen-bond acceptors (Lipinski definition) is 5. The molecule has 0 saturated heterocycles. The van der Waals surface area contributed by atoms with E-state index in [0.29, 0.717) is 23.7 Å². The van der Waals surface area contributed by atoms with Crippen molar-refractivity contribution in [2.24, 2.45) is 0 Å². The highest BCUT2D eigenvalue weighted by Crippen LogP contribution is 2.27. The number of rotatable bonds is 5. The van der Waals surface area contributed by atoms with Gasteiger partial charge in [0.25, 0.3) is 0 Å². The fourth-order valence-electron chi connectivity index (χ4n) is 2.80. The molecule has 0 unspecified atom stereocenters. The van der Waals surface area contributed by atoms with Gasteiger partial charge in [0.15, 0.2) is 0 Å². The summed E-state index contributed by atoms with van der Waals surface area (Å²) in [5, 5.41) is 13.7. The molecule has 1 N–H and O–H groups in total. The normalized spacial score (nSPS) is 9.96. The summed E-state index contributed by atoms with van der Waals surface area (Å²) >= 11 is 0. The van der Waals surface area contributed by atoms with Crippen molar-refractivity contribution in [3.8, 4) is 11.8 Å². The van der Waals surface area contributed by atoms with Crippen LogP contribution in [0.2, 0.25) is 0 Å². The minimum atomic E-state index is 0. The van der Waals surface area contributed by atoms with E-state index in [0.717, 1.165) is 22.2 Å². The molecule has 0 radical (unpaired) electrons. The van der Waals surface area contributed by atoms with Crippen molar-refractivity contribution in [3.05, 3.63) is 90.3 Å². The van der Waals surface area contributed by atoms with Gasteiger partial charge in [0.1, 0.15) is 30.6 Å². The van der Waals surface area contributed by atoms with Gasteiger partial charge in [-0.05, 0) is 35.9 Å². The number of anilines is 2. The molecule has 5 nitrogen and oxygen atoms in total. The molecule has 0 aliphatic carbocycles. The standard InChI is InChI=1S/C22H16N4O.ClH/c23-13-17-12-18(10-11-21(17)27-14-16-6-2-1-3-7-16)26-22-19-8-4-5-9-20(19)24-15-25-22;/h1-12,15H,14H2,(H,24,25,26);1H. The molecule has 0 aliphatic rings. The van der Waals surface area contributed by atoms with E-state index in [1.54, 1.807) is 12.1 Å². The average molecular weight is 389 g/mol. The van der Waals surface area contributed by atoms with Crippen LogP contribution in [0.3, 0.4) is 0 Å². The maximum absolute atomic E-state index is 9.49. The summed E-state index contributed by atoms with van der Waals surface area (Å²) < 4.78 is 5.81. The molecule has 0 saturated carbocycles. The fourth-order valence-corrected chi connectivity index (χ4v) is 2.80. The number of para-hydroxylation sites is 1. The summed E-state index contributed by atoms with van der Waals surface area (Å²) in [6.45, 7) is 0.416. The van der Waals surface area contributed by atoms with Gasteiger partial charge in [0.05, 0.1) is 11.1 Å². The summed E-state index contributed by atoms with van der Waals surface area (Å²) in [6.07, 6.45) is 1.52. The topological polar surface area (TPSA) is 70.8 Å². The lowest BCUT2D eigenvalue weighted by atomic mass is 10.1. The Morgan fingerprint density at radius 2 is 1.71 bits per heavy atom. The Labute approximate surface area is 169 Å². The predicted octanol–water partition coefficient (Wildman–Crippen LogP) is 5.25. The van der Waals surface area contributed by atoms with Crippen LogP contribution in [0.15, 0.2) is 79.1 Å². The number of halogens is 1. The van der Waals surface area contributed by atoms with E-state index in [4.69, 9.17) is 4.74 Å². The lowest BCUT2D eigenvalue weighted by Crippen LogP contribution is -1.99. The summed E-state index contributed by atoms with van der Waals surface area (Å²) in [7, 11) is 0. The van der Waals surface area contributed by atoms with Crippen LogP contribution < -0.4 is 10.1 Å². The smallest absolute Gasteiger partial charge is 0.141 e. The van der Waals surface area contributed by atoms with Crippen molar-refractivity contribution in [2.45, 2.75) is 6.61 Å². The van der Waals surface area contributed by atoms with E-state index in [-0.39, 0.29) is 12.4 Å². The molecule has 138 valence electrons. The monoisotopic (exact) mass is 388 g/mol. The van der Waals surface area contributed by atoms with E-state index in [1.165, 1.54) is 6.33 Å². The third-order valence-corrected chi connectivity index (χ3v) is 4.14. The molecule has 0 aliphatic heterocycles. The van der Waals surface area contributed by atoms with Crippen LogP contribution in [0.4, 0.5) is 11.5 Å². The summed E-state index contributed by atoms with van der Waals surface area (Å²) in [4.78, 5) is 8.58. The van der Waals surface area contributed by atoms with Crippen molar-refractivity contribution >= 4 is 34.8 Å². The zero-order chi connectivity index (χ0) is 18.5.